The molecule has 0 saturated carbocycles. The van der Waals surface area contributed by atoms with Crippen LogP contribution in [0.15, 0.2) is 54.6 Å². The number of hydrogen-bond acceptors (Lipinski definition) is 2. The molecule has 0 heterocycles. The molecule has 1 aromatic rings. The van der Waals surface area contributed by atoms with Crippen LogP contribution in [-0.2, 0) is 16.0 Å². The number of hydrogen-bond donors (Lipinski definition) is 0. The van der Waals surface area contributed by atoms with E-state index in [0.717, 1.165) is 43.6 Å². The second-order valence-corrected chi connectivity index (χ2v) is 14.8. The molecule has 0 radical (unpaired) electrons. The number of unbranched alkanes of at least 4 members (excludes halogenated alkanes) is 20. The largest absolute Gasteiger partial charge is 0.379 e. The maximum absolute atomic E-state index is 6.48. The SMILES string of the molecule is CCCCCCCC/C=C/CCCCCCOCC(C[N+](C)(C)Cc1ccccc1)OCCCCCC/C=C/CCCCCCCC. The van der Waals surface area contributed by atoms with Crippen LogP contribution in [0.5, 0.6) is 0 Å². The van der Waals surface area contributed by atoms with Gasteiger partial charge in [0.25, 0.3) is 0 Å². The molecule has 0 saturated heterocycles. The van der Waals surface area contributed by atoms with Crippen LogP contribution in [0.4, 0.5) is 0 Å². The van der Waals surface area contributed by atoms with Crippen molar-refractivity contribution in [1.29, 1.82) is 0 Å². The molecular weight excluding hydrogens is 574 g/mol. The number of likely N-dealkylation sites (N-methyl/N-ethyl adjacent to an activating group) is 1. The predicted octanol–water partition coefficient (Wildman–Crippen LogP) is 13.2. The Morgan fingerprint density at radius 3 is 1.45 bits per heavy atom. The zero-order chi connectivity index (χ0) is 33.9. The second kappa shape index (κ2) is 33.1. The predicted molar refractivity (Wildman–Crippen MR) is 208 cm³/mol. The van der Waals surface area contributed by atoms with Crippen molar-refractivity contribution in [1.82, 2.24) is 0 Å². The fourth-order valence-electron chi connectivity index (χ4n) is 6.41. The Bertz CT molecular complexity index is 817. The zero-order valence-electron chi connectivity index (χ0n) is 32.0. The van der Waals surface area contributed by atoms with Gasteiger partial charge in [-0.1, -0.05) is 158 Å². The summed E-state index contributed by atoms with van der Waals surface area (Å²) in [4.78, 5) is 0. The van der Waals surface area contributed by atoms with Crippen molar-refractivity contribution in [3.05, 3.63) is 60.2 Å². The highest BCUT2D eigenvalue weighted by atomic mass is 16.5. The van der Waals surface area contributed by atoms with Crippen molar-refractivity contribution in [3.63, 3.8) is 0 Å². The van der Waals surface area contributed by atoms with Crippen LogP contribution in [0.25, 0.3) is 0 Å². The molecule has 0 fully saturated rings. The fraction of sp³-hybridized carbons (Fsp3) is 0.773. The molecule has 0 aliphatic rings. The summed E-state index contributed by atoms with van der Waals surface area (Å²) in [6.45, 7) is 8.98. The van der Waals surface area contributed by atoms with E-state index in [0.29, 0.717) is 6.61 Å². The zero-order valence-corrected chi connectivity index (χ0v) is 32.0. The molecule has 0 N–H and O–H groups in total. The first-order valence-corrected chi connectivity index (χ1v) is 20.4. The first kappa shape index (κ1) is 43.6. The summed E-state index contributed by atoms with van der Waals surface area (Å²) in [7, 11) is 4.65. The van der Waals surface area contributed by atoms with Crippen LogP contribution in [0.3, 0.4) is 0 Å². The number of rotatable bonds is 35. The van der Waals surface area contributed by atoms with E-state index < -0.39 is 0 Å². The summed E-state index contributed by atoms with van der Waals surface area (Å²) in [5.41, 5.74) is 1.38. The molecule has 1 aromatic carbocycles. The van der Waals surface area contributed by atoms with Gasteiger partial charge in [-0.15, -0.1) is 0 Å². The van der Waals surface area contributed by atoms with E-state index in [-0.39, 0.29) is 6.10 Å². The minimum absolute atomic E-state index is 0.149. The molecule has 3 nitrogen and oxygen atoms in total. The first-order valence-electron chi connectivity index (χ1n) is 20.4. The van der Waals surface area contributed by atoms with Crippen molar-refractivity contribution < 1.29 is 14.0 Å². The van der Waals surface area contributed by atoms with E-state index in [1.807, 2.05) is 0 Å². The summed E-state index contributed by atoms with van der Waals surface area (Å²) in [5.74, 6) is 0. The lowest BCUT2D eigenvalue weighted by atomic mass is 10.1. The number of benzene rings is 1. The van der Waals surface area contributed by atoms with Crippen LogP contribution in [0.1, 0.15) is 174 Å². The van der Waals surface area contributed by atoms with Gasteiger partial charge in [0.2, 0.25) is 0 Å². The molecule has 1 atom stereocenters. The van der Waals surface area contributed by atoms with E-state index in [2.05, 4.69) is 82.6 Å². The summed E-state index contributed by atoms with van der Waals surface area (Å²) in [6, 6.07) is 10.9. The highest BCUT2D eigenvalue weighted by Gasteiger charge is 2.23. The average molecular weight is 655 g/mol. The van der Waals surface area contributed by atoms with E-state index in [4.69, 9.17) is 9.47 Å². The van der Waals surface area contributed by atoms with Gasteiger partial charge in [0.15, 0.2) is 0 Å². The lowest BCUT2D eigenvalue weighted by Crippen LogP contribution is -2.47. The smallest absolute Gasteiger partial charge is 0.130 e. The summed E-state index contributed by atoms with van der Waals surface area (Å²) in [5, 5.41) is 0. The van der Waals surface area contributed by atoms with Crippen LogP contribution >= 0.6 is 0 Å². The van der Waals surface area contributed by atoms with Crippen molar-refractivity contribution in [2.75, 3.05) is 40.5 Å². The summed E-state index contributed by atoms with van der Waals surface area (Å²) < 4.78 is 13.6. The maximum Gasteiger partial charge on any atom is 0.130 e. The Kier molecular flexibility index (Phi) is 30.7. The highest BCUT2D eigenvalue weighted by molar-refractivity contribution is 5.13. The monoisotopic (exact) mass is 655 g/mol. The van der Waals surface area contributed by atoms with Crippen molar-refractivity contribution in [2.45, 2.75) is 181 Å². The van der Waals surface area contributed by atoms with Crippen LogP contribution < -0.4 is 0 Å². The Morgan fingerprint density at radius 2 is 0.957 bits per heavy atom. The molecule has 1 unspecified atom stereocenters. The summed E-state index contributed by atoms with van der Waals surface area (Å²) in [6.07, 6.45) is 41.5. The highest BCUT2D eigenvalue weighted by Crippen LogP contribution is 2.14. The topological polar surface area (TPSA) is 18.5 Å². The van der Waals surface area contributed by atoms with Crippen molar-refractivity contribution in [3.8, 4) is 0 Å². The Morgan fingerprint density at radius 1 is 0.532 bits per heavy atom. The lowest BCUT2D eigenvalue weighted by molar-refractivity contribution is -0.906. The third-order valence-corrected chi connectivity index (χ3v) is 9.27. The van der Waals surface area contributed by atoms with Gasteiger partial charge in [0.1, 0.15) is 19.2 Å². The molecule has 47 heavy (non-hydrogen) atoms. The number of allylic oxidation sites excluding steroid dienone is 4. The normalized spacial score (nSPS) is 12.9. The molecule has 0 aromatic heterocycles. The molecule has 0 aliphatic heterocycles. The first-order chi connectivity index (χ1) is 23.1. The number of quaternary nitrogens is 1. The Balaban J connectivity index is 2.21. The quantitative estimate of drug-likeness (QED) is 0.0412. The van der Waals surface area contributed by atoms with Gasteiger partial charge in [-0.05, 0) is 64.2 Å². The van der Waals surface area contributed by atoms with E-state index >= 15 is 0 Å². The minimum atomic E-state index is 0.149. The van der Waals surface area contributed by atoms with Gasteiger partial charge in [-0.3, -0.25) is 0 Å². The van der Waals surface area contributed by atoms with Gasteiger partial charge in [0, 0.05) is 18.8 Å². The third kappa shape index (κ3) is 30.4. The number of ether oxygens (including phenoxy) is 2. The van der Waals surface area contributed by atoms with E-state index in [1.165, 1.54) is 147 Å². The van der Waals surface area contributed by atoms with Crippen LogP contribution in [0, 0.1) is 0 Å². The van der Waals surface area contributed by atoms with Gasteiger partial charge in [0.05, 0.1) is 20.7 Å². The van der Waals surface area contributed by atoms with Gasteiger partial charge < -0.3 is 14.0 Å². The third-order valence-electron chi connectivity index (χ3n) is 9.27. The Hall–Kier alpha value is -1.42. The lowest BCUT2D eigenvalue weighted by Gasteiger charge is -2.33. The van der Waals surface area contributed by atoms with Gasteiger partial charge in [-0.25, -0.2) is 0 Å². The van der Waals surface area contributed by atoms with Crippen molar-refractivity contribution >= 4 is 0 Å². The maximum atomic E-state index is 6.48. The minimum Gasteiger partial charge on any atom is -0.379 e. The standard InChI is InChI=1S/C44H80NO2/c1-5-7-9-11-13-15-17-19-21-23-25-27-29-34-38-46-42-44(41-45(3,4)40-43-36-32-31-33-37-43)47-39-35-30-28-26-24-22-20-18-16-14-12-10-8-6-2/h19-22,31-33,36-37,44H,5-18,23-30,34-35,38-42H2,1-4H3/q+1/b21-19+,22-20+. The van der Waals surface area contributed by atoms with Crippen LogP contribution in [0.2, 0.25) is 0 Å². The molecular formula is C44H80NO2+. The van der Waals surface area contributed by atoms with Gasteiger partial charge in [-0.2, -0.15) is 0 Å². The molecule has 1 rings (SSSR count). The van der Waals surface area contributed by atoms with E-state index in [1.54, 1.807) is 0 Å². The molecule has 0 spiro atoms. The van der Waals surface area contributed by atoms with E-state index in [9.17, 15) is 0 Å². The van der Waals surface area contributed by atoms with Crippen LogP contribution in [-0.4, -0.2) is 51.0 Å². The Labute approximate surface area is 294 Å². The molecule has 0 bridgehead atoms. The number of nitrogens with zero attached hydrogens (tertiary/aromatic N) is 1. The fourth-order valence-corrected chi connectivity index (χ4v) is 6.41. The molecule has 0 amide bonds. The molecule has 0 aliphatic carbocycles. The second-order valence-electron chi connectivity index (χ2n) is 14.8. The molecule has 3 heteroatoms. The average Bonchev–Trinajstić information content (AvgIpc) is 3.06. The van der Waals surface area contributed by atoms with Crippen molar-refractivity contribution in [2.24, 2.45) is 0 Å². The summed E-state index contributed by atoms with van der Waals surface area (Å²) >= 11 is 0. The van der Waals surface area contributed by atoms with Gasteiger partial charge >= 0.3 is 0 Å². The molecule has 272 valence electrons.